The summed E-state index contributed by atoms with van der Waals surface area (Å²) in [5, 5.41) is 6.30. The van der Waals surface area contributed by atoms with Crippen LogP contribution in [0, 0.1) is 5.41 Å². The molecule has 1 fully saturated rings. The molecule has 2 heterocycles. The number of likely N-dealkylation sites (N-methyl/N-ethyl adjacent to an activating group) is 1. The number of carbonyl (C=O) groups is 2. The molecule has 2 amide bonds. The van der Waals surface area contributed by atoms with E-state index in [0.717, 1.165) is 29.7 Å². The van der Waals surface area contributed by atoms with Crippen molar-refractivity contribution < 1.29 is 9.59 Å². The lowest BCUT2D eigenvalue weighted by Crippen LogP contribution is -2.45. The molecule has 1 saturated heterocycles. The van der Waals surface area contributed by atoms with Gasteiger partial charge in [0.1, 0.15) is 0 Å². The highest BCUT2D eigenvalue weighted by atomic mass is 79.9. The fourth-order valence-corrected chi connectivity index (χ4v) is 3.86. The number of nitrogens with one attached hydrogen (secondary N) is 2. The number of hydrogen-bond donors (Lipinski definition) is 2. The molecule has 0 saturated carbocycles. The summed E-state index contributed by atoms with van der Waals surface area (Å²) < 4.78 is 0.910. The smallest absolute Gasteiger partial charge is 0.264 e. The summed E-state index contributed by atoms with van der Waals surface area (Å²) in [5.74, 6) is -0.231. The number of hydrogen-bond acceptors (Lipinski definition) is 4. The minimum Gasteiger partial charge on any atom is -0.354 e. The molecule has 22 heavy (non-hydrogen) atoms. The number of rotatable bonds is 5. The number of nitrogens with zero attached hydrogens (tertiary/aromatic N) is 1. The van der Waals surface area contributed by atoms with Gasteiger partial charge in [-0.25, -0.2) is 0 Å². The molecule has 7 heteroatoms. The lowest BCUT2D eigenvalue weighted by Gasteiger charge is -2.34. The second-order valence-corrected chi connectivity index (χ2v) is 8.57. The Labute approximate surface area is 143 Å². The van der Waals surface area contributed by atoms with Crippen LogP contribution in [0.4, 0.5) is 0 Å². The highest BCUT2D eigenvalue weighted by Crippen LogP contribution is 2.26. The van der Waals surface area contributed by atoms with Crippen LogP contribution in [-0.4, -0.2) is 49.9 Å². The van der Waals surface area contributed by atoms with E-state index < -0.39 is 0 Å². The zero-order chi connectivity index (χ0) is 16.2. The first-order valence-corrected chi connectivity index (χ1v) is 8.99. The summed E-state index contributed by atoms with van der Waals surface area (Å²) in [7, 11) is 1.65. The van der Waals surface area contributed by atoms with Crippen LogP contribution in [0.25, 0.3) is 0 Å². The molecule has 0 aliphatic carbocycles. The van der Waals surface area contributed by atoms with E-state index in [0.29, 0.717) is 11.4 Å². The van der Waals surface area contributed by atoms with E-state index in [1.54, 1.807) is 13.1 Å². The van der Waals surface area contributed by atoms with Crippen molar-refractivity contribution in [2.75, 3.05) is 33.2 Å². The summed E-state index contributed by atoms with van der Waals surface area (Å²) in [5.41, 5.74) is 0.155. The molecule has 1 aromatic rings. The van der Waals surface area contributed by atoms with Gasteiger partial charge in [-0.2, -0.15) is 0 Å². The van der Waals surface area contributed by atoms with Crippen LogP contribution in [0.15, 0.2) is 15.9 Å². The first-order chi connectivity index (χ1) is 10.4. The third kappa shape index (κ3) is 4.79. The monoisotopic (exact) mass is 387 g/mol. The first-order valence-electron chi connectivity index (χ1n) is 7.38. The Morgan fingerprint density at radius 1 is 1.41 bits per heavy atom. The molecule has 1 aliphatic rings. The van der Waals surface area contributed by atoms with Crippen molar-refractivity contribution in [3.8, 4) is 0 Å². The van der Waals surface area contributed by atoms with Crippen molar-refractivity contribution in [1.29, 1.82) is 0 Å². The molecule has 5 nitrogen and oxygen atoms in total. The van der Waals surface area contributed by atoms with Gasteiger partial charge in [-0.1, -0.05) is 6.92 Å². The Balaban J connectivity index is 1.79. The Hall–Kier alpha value is -0.920. The minimum absolute atomic E-state index is 0.0860. The Kier molecular flexibility index (Phi) is 6.00. The fourth-order valence-electron chi connectivity index (χ4n) is 2.48. The van der Waals surface area contributed by atoms with Gasteiger partial charge in [-0.05, 0) is 59.4 Å². The van der Waals surface area contributed by atoms with E-state index in [1.807, 2.05) is 6.07 Å². The summed E-state index contributed by atoms with van der Waals surface area (Å²) in [6.45, 7) is 4.95. The summed E-state index contributed by atoms with van der Waals surface area (Å²) in [6, 6.07) is 3.60. The highest BCUT2D eigenvalue weighted by molar-refractivity contribution is 9.11. The highest BCUT2D eigenvalue weighted by Gasteiger charge is 2.27. The lowest BCUT2D eigenvalue weighted by molar-refractivity contribution is -0.122. The van der Waals surface area contributed by atoms with Gasteiger partial charge in [0.25, 0.3) is 5.91 Å². The van der Waals surface area contributed by atoms with Gasteiger partial charge in [-0.15, -0.1) is 11.3 Å². The zero-order valence-electron chi connectivity index (χ0n) is 12.9. The predicted octanol–water partition coefficient (Wildman–Crippen LogP) is 2.09. The molecular weight excluding hydrogens is 366 g/mol. The van der Waals surface area contributed by atoms with Gasteiger partial charge >= 0.3 is 0 Å². The second-order valence-electron chi connectivity index (χ2n) is 6.10. The SMILES string of the molecule is CN(CC(=O)NCC1(C)CCNCC1)C(=O)c1ccc(Br)s1. The maximum absolute atomic E-state index is 12.2. The third-order valence-electron chi connectivity index (χ3n) is 4.03. The standard InChI is InChI=1S/C15H22BrN3O2S/c1-15(5-7-17-8-6-15)10-18-13(20)9-19(2)14(21)11-3-4-12(16)22-11/h3-4,17H,5-10H2,1-2H3,(H,18,20). The van der Waals surface area contributed by atoms with Gasteiger partial charge in [0.2, 0.25) is 5.91 Å². The van der Waals surface area contributed by atoms with Gasteiger partial charge in [0.05, 0.1) is 15.2 Å². The third-order valence-corrected chi connectivity index (χ3v) is 5.65. The van der Waals surface area contributed by atoms with Crippen molar-refractivity contribution in [3.05, 3.63) is 20.8 Å². The molecule has 1 aromatic heterocycles. The van der Waals surface area contributed by atoms with E-state index in [1.165, 1.54) is 16.2 Å². The van der Waals surface area contributed by atoms with Gasteiger partial charge in [0, 0.05) is 13.6 Å². The zero-order valence-corrected chi connectivity index (χ0v) is 15.3. The van der Waals surface area contributed by atoms with E-state index >= 15 is 0 Å². The van der Waals surface area contributed by atoms with Crippen molar-refractivity contribution in [1.82, 2.24) is 15.5 Å². The average Bonchev–Trinajstić information content (AvgIpc) is 2.92. The molecule has 122 valence electrons. The molecule has 0 bridgehead atoms. The van der Waals surface area contributed by atoms with Crippen LogP contribution < -0.4 is 10.6 Å². The molecule has 0 aromatic carbocycles. The fraction of sp³-hybridized carbons (Fsp3) is 0.600. The van der Waals surface area contributed by atoms with Crippen molar-refractivity contribution >= 4 is 39.1 Å². The van der Waals surface area contributed by atoms with Gasteiger partial charge < -0.3 is 15.5 Å². The first kappa shape index (κ1) is 17.4. The average molecular weight is 388 g/mol. The Bertz CT molecular complexity index is 541. The Morgan fingerprint density at radius 2 is 2.09 bits per heavy atom. The number of amides is 2. The maximum atomic E-state index is 12.2. The molecular formula is C15H22BrN3O2S. The molecule has 0 radical (unpaired) electrons. The topological polar surface area (TPSA) is 61.4 Å². The molecule has 0 atom stereocenters. The molecule has 0 unspecified atom stereocenters. The summed E-state index contributed by atoms with van der Waals surface area (Å²) in [6.07, 6.45) is 2.12. The van der Waals surface area contributed by atoms with Crippen LogP contribution in [0.2, 0.25) is 0 Å². The van der Waals surface area contributed by atoms with Crippen LogP contribution in [0.3, 0.4) is 0 Å². The van der Waals surface area contributed by atoms with E-state index in [4.69, 9.17) is 0 Å². The number of halogens is 1. The van der Waals surface area contributed by atoms with Crippen LogP contribution in [-0.2, 0) is 4.79 Å². The van der Waals surface area contributed by atoms with Crippen LogP contribution in [0.1, 0.15) is 29.4 Å². The molecule has 0 spiro atoms. The van der Waals surface area contributed by atoms with E-state index in [-0.39, 0.29) is 23.8 Å². The number of carbonyl (C=O) groups excluding carboxylic acids is 2. The quantitative estimate of drug-likeness (QED) is 0.812. The van der Waals surface area contributed by atoms with Gasteiger partial charge in [0.15, 0.2) is 0 Å². The Morgan fingerprint density at radius 3 is 2.68 bits per heavy atom. The summed E-state index contributed by atoms with van der Waals surface area (Å²) >= 11 is 4.71. The predicted molar refractivity (Wildman–Crippen MR) is 92.2 cm³/mol. The van der Waals surface area contributed by atoms with E-state index in [9.17, 15) is 9.59 Å². The van der Waals surface area contributed by atoms with Crippen molar-refractivity contribution in [2.45, 2.75) is 19.8 Å². The molecule has 2 N–H and O–H groups in total. The number of thiophene rings is 1. The maximum Gasteiger partial charge on any atom is 0.264 e. The van der Waals surface area contributed by atoms with Crippen molar-refractivity contribution in [2.24, 2.45) is 5.41 Å². The number of piperidine rings is 1. The van der Waals surface area contributed by atoms with Crippen LogP contribution in [0.5, 0.6) is 0 Å². The van der Waals surface area contributed by atoms with E-state index in [2.05, 4.69) is 33.5 Å². The molecule has 2 rings (SSSR count). The second kappa shape index (κ2) is 7.57. The minimum atomic E-state index is -0.126. The van der Waals surface area contributed by atoms with Gasteiger partial charge in [-0.3, -0.25) is 9.59 Å². The normalized spacial score (nSPS) is 17.0. The van der Waals surface area contributed by atoms with Crippen LogP contribution >= 0.6 is 27.3 Å². The van der Waals surface area contributed by atoms with Crippen molar-refractivity contribution in [3.63, 3.8) is 0 Å². The summed E-state index contributed by atoms with van der Waals surface area (Å²) in [4.78, 5) is 26.3. The lowest BCUT2D eigenvalue weighted by atomic mass is 9.81. The largest absolute Gasteiger partial charge is 0.354 e. The molecule has 1 aliphatic heterocycles.